The number of nitrogens with zero attached hydrogens (tertiary/aromatic N) is 1. The summed E-state index contributed by atoms with van der Waals surface area (Å²) in [7, 11) is 1.51. The number of nitrogens with one attached hydrogen (secondary N) is 1. The number of aryl methyl sites for hydroxylation is 1. The summed E-state index contributed by atoms with van der Waals surface area (Å²) >= 11 is 6.50. The Hall–Kier alpha value is -3.95. The van der Waals surface area contributed by atoms with Crippen molar-refractivity contribution in [3.63, 3.8) is 0 Å². The van der Waals surface area contributed by atoms with Crippen molar-refractivity contribution in [3.05, 3.63) is 87.9 Å². The van der Waals surface area contributed by atoms with Gasteiger partial charge in [-0.1, -0.05) is 55.1 Å². The number of anilines is 1. The number of carbonyl (C=O) groups excluding carboxylic acids is 1. The number of amides is 1. The minimum absolute atomic E-state index is 0.0637. The molecule has 4 rings (SSSR count). The van der Waals surface area contributed by atoms with Gasteiger partial charge in [0.05, 0.1) is 12.1 Å². The van der Waals surface area contributed by atoms with Gasteiger partial charge in [-0.25, -0.2) is 0 Å². The number of nitriles is 1. The Morgan fingerprint density at radius 3 is 2.49 bits per heavy atom. The van der Waals surface area contributed by atoms with Gasteiger partial charge in [0.15, 0.2) is 11.5 Å². The minimum Gasteiger partial charge on any atom is -0.493 e. The molecule has 1 amide bonds. The number of hydrogen-bond donors (Lipinski definition) is 1. The molecular formula is C32H33ClN2O4. The molecule has 0 aromatic heterocycles. The molecule has 0 heterocycles. The molecule has 3 aromatic carbocycles. The summed E-state index contributed by atoms with van der Waals surface area (Å²) in [6, 6.07) is 21.0. The van der Waals surface area contributed by atoms with Crippen LogP contribution in [0.2, 0.25) is 5.02 Å². The number of rotatable bonds is 10. The largest absolute Gasteiger partial charge is 0.493 e. The monoisotopic (exact) mass is 544 g/mol. The molecule has 0 atom stereocenters. The first-order valence-electron chi connectivity index (χ1n) is 13.2. The first-order valence-corrected chi connectivity index (χ1v) is 13.6. The predicted molar refractivity (Wildman–Crippen MR) is 155 cm³/mol. The molecule has 202 valence electrons. The van der Waals surface area contributed by atoms with Crippen LogP contribution < -0.4 is 19.5 Å². The van der Waals surface area contributed by atoms with E-state index >= 15 is 0 Å². The molecule has 0 spiro atoms. The quantitative estimate of drug-likeness (QED) is 0.161. The average molecular weight is 545 g/mol. The normalized spacial score (nSPS) is 13.8. The van der Waals surface area contributed by atoms with Gasteiger partial charge in [0.25, 0.3) is 5.91 Å². The van der Waals surface area contributed by atoms with Crippen LogP contribution in [0.1, 0.15) is 54.7 Å². The van der Waals surface area contributed by atoms with Gasteiger partial charge in [-0.05, 0) is 84.8 Å². The predicted octanol–water partition coefficient (Wildman–Crippen LogP) is 7.71. The molecule has 0 saturated heterocycles. The molecular weight excluding hydrogens is 512 g/mol. The Labute approximate surface area is 235 Å². The molecule has 1 aliphatic carbocycles. The van der Waals surface area contributed by atoms with Crippen LogP contribution in [-0.4, -0.2) is 26.2 Å². The minimum atomic E-state index is -0.512. The van der Waals surface area contributed by atoms with Crippen molar-refractivity contribution in [1.82, 2.24) is 0 Å². The van der Waals surface area contributed by atoms with Gasteiger partial charge in [0.2, 0.25) is 0 Å². The highest BCUT2D eigenvalue weighted by Gasteiger charge is 2.16. The second kappa shape index (κ2) is 13.7. The molecule has 0 radical (unpaired) electrons. The van der Waals surface area contributed by atoms with Gasteiger partial charge in [-0.15, -0.1) is 0 Å². The lowest BCUT2D eigenvalue weighted by molar-refractivity contribution is -0.112. The molecule has 39 heavy (non-hydrogen) atoms. The highest BCUT2D eigenvalue weighted by molar-refractivity contribution is 6.32. The van der Waals surface area contributed by atoms with Gasteiger partial charge in [0.1, 0.15) is 30.6 Å². The SMILES string of the molecule is COc1cc(C=C(C#N)C(=O)Nc2cccc(C)c2)cc(Cl)c1OCCOc1ccc(C2CCCCC2)cc1. The summed E-state index contributed by atoms with van der Waals surface area (Å²) in [6.45, 7) is 2.52. The van der Waals surface area contributed by atoms with Crippen molar-refractivity contribution in [3.8, 4) is 23.3 Å². The van der Waals surface area contributed by atoms with Crippen LogP contribution in [-0.2, 0) is 4.79 Å². The third-order valence-corrected chi connectivity index (χ3v) is 7.04. The van der Waals surface area contributed by atoms with E-state index < -0.39 is 5.91 Å². The van der Waals surface area contributed by atoms with E-state index in [1.165, 1.54) is 50.9 Å². The number of benzene rings is 3. The van der Waals surface area contributed by atoms with E-state index in [1.54, 1.807) is 18.2 Å². The van der Waals surface area contributed by atoms with Crippen molar-refractivity contribution in [2.75, 3.05) is 25.6 Å². The van der Waals surface area contributed by atoms with Crippen LogP contribution in [0.3, 0.4) is 0 Å². The van der Waals surface area contributed by atoms with E-state index in [2.05, 4.69) is 17.4 Å². The summed E-state index contributed by atoms with van der Waals surface area (Å²) in [4.78, 5) is 12.7. The zero-order chi connectivity index (χ0) is 27.6. The zero-order valence-corrected chi connectivity index (χ0v) is 23.1. The molecule has 6 nitrogen and oxygen atoms in total. The highest BCUT2D eigenvalue weighted by atomic mass is 35.5. The lowest BCUT2D eigenvalue weighted by Crippen LogP contribution is -2.13. The molecule has 0 unspecified atom stereocenters. The van der Waals surface area contributed by atoms with E-state index in [0.29, 0.717) is 40.3 Å². The Kier molecular flexibility index (Phi) is 9.88. The fourth-order valence-electron chi connectivity index (χ4n) is 4.78. The van der Waals surface area contributed by atoms with E-state index in [9.17, 15) is 10.1 Å². The van der Waals surface area contributed by atoms with Crippen molar-refractivity contribution in [2.45, 2.75) is 44.9 Å². The molecule has 7 heteroatoms. The van der Waals surface area contributed by atoms with Crippen molar-refractivity contribution >= 4 is 29.3 Å². The maximum atomic E-state index is 12.7. The summed E-state index contributed by atoms with van der Waals surface area (Å²) < 4.78 is 17.2. The number of carbonyl (C=O) groups is 1. The maximum absolute atomic E-state index is 12.7. The molecule has 0 bridgehead atoms. The third kappa shape index (κ3) is 7.78. The topological polar surface area (TPSA) is 80.6 Å². The van der Waals surface area contributed by atoms with E-state index in [-0.39, 0.29) is 12.2 Å². The van der Waals surface area contributed by atoms with Crippen LogP contribution >= 0.6 is 11.6 Å². The smallest absolute Gasteiger partial charge is 0.266 e. The Morgan fingerprint density at radius 1 is 1.05 bits per heavy atom. The lowest BCUT2D eigenvalue weighted by Gasteiger charge is -2.22. The van der Waals surface area contributed by atoms with Crippen molar-refractivity contribution in [2.24, 2.45) is 0 Å². The van der Waals surface area contributed by atoms with Crippen LogP contribution in [0.5, 0.6) is 17.2 Å². The fourth-order valence-corrected chi connectivity index (χ4v) is 5.05. The van der Waals surface area contributed by atoms with Gasteiger partial charge >= 0.3 is 0 Å². The van der Waals surface area contributed by atoms with Crippen LogP contribution in [0.4, 0.5) is 5.69 Å². The van der Waals surface area contributed by atoms with Crippen molar-refractivity contribution in [1.29, 1.82) is 5.26 Å². The number of halogens is 1. The summed E-state index contributed by atoms with van der Waals surface area (Å²) in [5, 5.41) is 12.6. The zero-order valence-electron chi connectivity index (χ0n) is 22.3. The van der Waals surface area contributed by atoms with Crippen LogP contribution in [0.15, 0.2) is 66.2 Å². The van der Waals surface area contributed by atoms with Crippen molar-refractivity contribution < 1.29 is 19.0 Å². The highest BCUT2D eigenvalue weighted by Crippen LogP contribution is 2.37. The second-order valence-corrected chi connectivity index (χ2v) is 10.0. The molecule has 1 N–H and O–H groups in total. The van der Waals surface area contributed by atoms with E-state index in [0.717, 1.165) is 11.3 Å². The van der Waals surface area contributed by atoms with Gasteiger partial charge < -0.3 is 19.5 Å². The van der Waals surface area contributed by atoms with E-state index in [1.807, 2.05) is 43.3 Å². The Morgan fingerprint density at radius 2 is 1.79 bits per heavy atom. The standard InChI is InChI=1S/C32H33ClN2O4/c1-22-7-6-10-27(17-22)35-32(36)26(21-34)18-23-19-29(33)31(30(20-23)37-2)39-16-15-38-28-13-11-25(12-14-28)24-8-4-3-5-9-24/h6-7,10-14,17-20,24H,3-5,8-9,15-16H2,1-2H3,(H,35,36). The summed E-state index contributed by atoms with van der Waals surface area (Å²) in [5.74, 6) is 1.71. The Balaban J connectivity index is 1.35. The summed E-state index contributed by atoms with van der Waals surface area (Å²) in [6.07, 6.45) is 7.97. The van der Waals surface area contributed by atoms with Gasteiger partial charge in [-0.2, -0.15) is 5.26 Å². The third-order valence-electron chi connectivity index (χ3n) is 6.76. The molecule has 1 aliphatic rings. The fraction of sp³-hybridized carbons (Fsp3) is 0.312. The van der Waals surface area contributed by atoms with E-state index in [4.69, 9.17) is 25.8 Å². The first-order chi connectivity index (χ1) is 19.0. The molecule has 0 aliphatic heterocycles. The number of hydrogen-bond acceptors (Lipinski definition) is 5. The second-order valence-electron chi connectivity index (χ2n) is 9.63. The molecule has 1 saturated carbocycles. The van der Waals surface area contributed by atoms with Gasteiger partial charge in [-0.3, -0.25) is 4.79 Å². The molecule has 1 fully saturated rings. The van der Waals surface area contributed by atoms with Gasteiger partial charge in [0, 0.05) is 5.69 Å². The lowest BCUT2D eigenvalue weighted by atomic mass is 9.84. The summed E-state index contributed by atoms with van der Waals surface area (Å²) in [5.41, 5.74) is 3.47. The molecule has 3 aromatic rings. The van der Waals surface area contributed by atoms with Crippen LogP contribution in [0, 0.1) is 18.3 Å². The average Bonchev–Trinajstić information content (AvgIpc) is 2.95. The van der Waals surface area contributed by atoms with Crippen LogP contribution in [0.25, 0.3) is 6.08 Å². The maximum Gasteiger partial charge on any atom is 0.266 e. The Bertz CT molecular complexity index is 1360. The first kappa shape index (κ1) is 28.1. The number of methoxy groups -OCH3 is 1. The number of ether oxygens (including phenoxy) is 3.